The van der Waals surface area contributed by atoms with E-state index >= 15 is 0 Å². The molecule has 1 fully saturated rings. The number of rotatable bonds is 12. The van der Waals surface area contributed by atoms with E-state index in [1.165, 1.54) is 29.1 Å². The number of aromatic nitrogens is 2. The Kier molecular flexibility index (Phi) is 8.72. The number of nitrogens with zero attached hydrogens (tertiary/aromatic N) is 3. The summed E-state index contributed by atoms with van der Waals surface area (Å²) in [6, 6.07) is 4.25. The fourth-order valence-electron chi connectivity index (χ4n) is 4.77. The second kappa shape index (κ2) is 11.7. The normalized spacial score (nSPS) is 18.2. The molecule has 2 heterocycles. The third-order valence-electron chi connectivity index (χ3n) is 7.30. The Morgan fingerprint density at radius 2 is 1.90 bits per heavy atom. The SMILES string of the molecule is CCOc1nn(CC)cc1S(=O)(=O)N1C[C@H](C[C@H](C(N)=O)C2CC2)Oc2ccc(CC(=O)OC(C)(C)C(F)(F)F)cc21. The summed E-state index contributed by atoms with van der Waals surface area (Å²) in [5.74, 6) is -1.95. The Labute approximate surface area is 242 Å². The maximum atomic E-state index is 14.1. The molecule has 15 heteroatoms. The van der Waals surface area contributed by atoms with Crippen molar-refractivity contribution in [3.8, 4) is 11.6 Å². The van der Waals surface area contributed by atoms with Gasteiger partial charge in [0.25, 0.3) is 15.9 Å². The molecule has 0 saturated heterocycles. The van der Waals surface area contributed by atoms with Gasteiger partial charge < -0.3 is 19.9 Å². The smallest absolute Gasteiger partial charge is 0.427 e. The van der Waals surface area contributed by atoms with Crippen LogP contribution < -0.4 is 19.5 Å². The van der Waals surface area contributed by atoms with Crippen molar-refractivity contribution in [1.82, 2.24) is 9.78 Å². The van der Waals surface area contributed by atoms with Crippen LogP contribution in [0.4, 0.5) is 18.9 Å². The predicted molar refractivity (Wildman–Crippen MR) is 144 cm³/mol. The molecule has 1 aliphatic heterocycles. The Morgan fingerprint density at radius 3 is 2.48 bits per heavy atom. The van der Waals surface area contributed by atoms with E-state index in [0.717, 1.165) is 31.0 Å². The highest BCUT2D eigenvalue weighted by Crippen LogP contribution is 2.43. The fourth-order valence-corrected chi connectivity index (χ4v) is 6.34. The number of hydrogen-bond acceptors (Lipinski definition) is 8. The largest absolute Gasteiger partial charge is 0.486 e. The number of sulfonamides is 1. The average Bonchev–Trinajstić information content (AvgIpc) is 3.64. The molecule has 0 spiro atoms. The summed E-state index contributed by atoms with van der Waals surface area (Å²) in [6.07, 6.45) is -2.83. The number of anilines is 1. The van der Waals surface area contributed by atoms with E-state index in [9.17, 15) is 31.2 Å². The van der Waals surface area contributed by atoms with Crippen LogP contribution in [0.2, 0.25) is 0 Å². The van der Waals surface area contributed by atoms with Crippen LogP contribution in [-0.4, -0.2) is 61.1 Å². The van der Waals surface area contributed by atoms with Gasteiger partial charge in [-0.3, -0.25) is 18.6 Å². The van der Waals surface area contributed by atoms with Crippen molar-refractivity contribution in [2.24, 2.45) is 17.6 Å². The molecule has 2 N–H and O–H groups in total. The van der Waals surface area contributed by atoms with Crippen LogP contribution in [0.25, 0.3) is 0 Å². The van der Waals surface area contributed by atoms with Gasteiger partial charge in [0, 0.05) is 18.7 Å². The maximum absolute atomic E-state index is 14.1. The van der Waals surface area contributed by atoms with Gasteiger partial charge >= 0.3 is 12.1 Å². The number of aryl methyl sites for hydroxylation is 1. The molecule has 42 heavy (non-hydrogen) atoms. The molecule has 232 valence electrons. The summed E-state index contributed by atoms with van der Waals surface area (Å²) in [5, 5.41) is 4.21. The number of benzene rings is 1. The Balaban J connectivity index is 1.71. The number of primary amides is 1. The van der Waals surface area contributed by atoms with Crippen LogP contribution in [0.3, 0.4) is 0 Å². The predicted octanol–water partition coefficient (Wildman–Crippen LogP) is 3.59. The van der Waals surface area contributed by atoms with Crippen molar-refractivity contribution in [2.75, 3.05) is 17.5 Å². The summed E-state index contributed by atoms with van der Waals surface area (Å²) < 4.78 is 86.8. The highest BCUT2D eigenvalue weighted by molar-refractivity contribution is 7.93. The van der Waals surface area contributed by atoms with Crippen molar-refractivity contribution >= 4 is 27.6 Å². The van der Waals surface area contributed by atoms with E-state index in [0.29, 0.717) is 6.54 Å². The molecule has 0 radical (unpaired) electrons. The van der Waals surface area contributed by atoms with Crippen LogP contribution in [0, 0.1) is 11.8 Å². The number of carbonyl (C=O) groups is 2. The first-order valence-electron chi connectivity index (χ1n) is 13.7. The van der Waals surface area contributed by atoms with Crippen LogP contribution in [0.1, 0.15) is 52.5 Å². The van der Waals surface area contributed by atoms with Crippen molar-refractivity contribution in [1.29, 1.82) is 0 Å². The first-order valence-corrected chi connectivity index (χ1v) is 15.1. The average molecular weight is 617 g/mol. The van der Waals surface area contributed by atoms with Gasteiger partial charge in [-0.1, -0.05) is 6.07 Å². The number of fused-ring (bicyclic) bond motifs is 1. The quantitative estimate of drug-likeness (QED) is 0.357. The summed E-state index contributed by atoms with van der Waals surface area (Å²) in [5.41, 5.74) is 3.21. The third-order valence-corrected chi connectivity index (χ3v) is 9.06. The van der Waals surface area contributed by atoms with E-state index in [2.05, 4.69) is 9.84 Å². The highest BCUT2D eigenvalue weighted by atomic mass is 32.2. The first-order chi connectivity index (χ1) is 19.6. The molecule has 1 aromatic carbocycles. The van der Waals surface area contributed by atoms with E-state index in [1.807, 2.05) is 0 Å². The van der Waals surface area contributed by atoms with E-state index in [4.69, 9.17) is 15.2 Å². The zero-order valence-corrected chi connectivity index (χ0v) is 24.6. The second-order valence-corrected chi connectivity index (χ2v) is 12.7. The lowest BCUT2D eigenvalue weighted by atomic mass is 9.95. The van der Waals surface area contributed by atoms with Crippen LogP contribution >= 0.6 is 0 Å². The first kappa shape index (κ1) is 31.4. The number of hydrogen-bond donors (Lipinski definition) is 1. The summed E-state index contributed by atoms with van der Waals surface area (Å²) in [6.45, 7) is 5.31. The standard InChI is InChI=1S/C27H35F3N4O7S/c1-5-33-15-22(25(32-33)39-6-2)42(37,38)34-14-18(13-19(24(31)36)17-8-9-17)40-21-10-7-16(11-20(21)34)12-23(35)41-26(3,4)27(28,29)30/h7,10-11,15,17-19H,5-6,8-9,12-14H2,1-4H3,(H2,31,36)/t18-,19-/m0/s1. The minimum Gasteiger partial charge on any atom is -0.486 e. The molecular formula is C27H35F3N4O7S. The third kappa shape index (κ3) is 6.60. The van der Waals surface area contributed by atoms with Gasteiger partial charge in [-0.25, -0.2) is 8.42 Å². The van der Waals surface area contributed by atoms with E-state index in [1.54, 1.807) is 13.8 Å². The molecule has 2 atom stereocenters. The molecule has 1 aliphatic carbocycles. The molecule has 1 saturated carbocycles. The molecule has 1 aromatic heterocycles. The lowest BCUT2D eigenvalue weighted by Crippen LogP contribution is -2.45. The maximum Gasteiger partial charge on any atom is 0.427 e. The lowest BCUT2D eigenvalue weighted by molar-refractivity contribution is -0.257. The number of carbonyl (C=O) groups excluding carboxylic acids is 2. The summed E-state index contributed by atoms with van der Waals surface area (Å²) in [7, 11) is -4.34. The molecule has 11 nitrogen and oxygen atoms in total. The van der Waals surface area contributed by atoms with Crippen molar-refractivity contribution < 1.29 is 45.4 Å². The summed E-state index contributed by atoms with van der Waals surface area (Å²) in [4.78, 5) is 24.4. The molecule has 0 unspecified atom stereocenters. The summed E-state index contributed by atoms with van der Waals surface area (Å²) >= 11 is 0. The Bertz CT molecular complexity index is 1440. The van der Waals surface area contributed by atoms with Gasteiger partial charge in [-0.15, -0.1) is 5.10 Å². The Hall–Kier alpha value is -3.49. The van der Waals surface area contributed by atoms with Gasteiger partial charge in [0.15, 0.2) is 4.90 Å². The second-order valence-electron chi connectivity index (χ2n) is 10.9. The molecule has 4 rings (SSSR count). The molecule has 2 aliphatic rings. The zero-order chi connectivity index (χ0) is 31.0. The fraction of sp³-hybridized carbons (Fsp3) is 0.593. The van der Waals surface area contributed by atoms with Gasteiger partial charge in [0.05, 0.1) is 25.3 Å². The molecule has 2 aromatic rings. The van der Waals surface area contributed by atoms with Crippen molar-refractivity contribution in [3.63, 3.8) is 0 Å². The van der Waals surface area contributed by atoms with E-state index < -0.39 is 52.1 Å². The number of ether oxygens (including phenoxy) is 3. The van der Waals surface area contributed by atoms with Crippen molar-refractivity contribution in [3.05, 3.63) is 30.0 Å². The minimum absolute atomic E-state index is 0.0698. The molecule has 1 amide bonds. The van der Waals surface area contributed by atoms with Crippen LogP contribution in [0.15, 0.2) is 29.3 Å². The number of amides is 1. The number of nitrogens with two attached hydrogens (primary N) is 1. The van der Waals surface area contributed by atoms with Crippen LogP contribution in [0.5, 0.6) is 11.6 Å². The number of esters is 1. The lowest BCUT2D eigenvalue weighted by Gasteiger charge is -2.36. The zero-order valence-electron chi connectivity index (χ0n) is 23.8. The monoisotopic (exact) mass is 616 g/mol. The Morgan fingerprint density at radius 1 is 1.21 bits per heavy atom. The van der Waals surface area contributed by atoms with Gasteiger partial charge in [0.2, 0.25) is 11.5 Å². The molecule has 0 bridgehead atoms. The topological polar surface area (TPSA) is 143 Å². The van der Waals surface area contributed by atoms with Gasteiger partial charge in [0.1, 0.15) is 11.9 Å². The minimum atomic E-state index is -4.78. The highest BCUT2D eigenvalue weighted by Gasteiger charge is 2.51. The van der Waals surface area contributed by atoms with E-state index in [-0.39, 0.29) is 53.3 Å². The molecular weight excluding hydrogens is 581 g/mol. The van der Waals surface area contributed by atoms with Gasteiger partial charge in [-0.2, -0.15) is 13.2 Å². The number of alkyl halides is 3. The van der Waals surface area contributed by atoms with Crippen molar-refractivity contribution in [2.45, 2.75) is 82.7 Å². The van der Waals surface area contributed by atoms with Crippen LogP contribution in [-0.2, 0) is 37.3 Å². The van der Waals surface area contributed by atoms with Gasteiger partial charge in [-0.05, 0) is 70.6 Å². The number of halogens is 3.